The zero-order valence-electron chi connectivity index (χ0n) is 19.5. The first-order valence-corrected chi connectivity index (χ1v) is 11.8. The molecule has 0 fully saturated rings. The number of nitrogens with one attached hydrogen (secondary N) is 2. The number of H-pyrrole nitrogens is 2. The van der Waals surface area contributed by atoms with Crippen molar-refractivity contribution >= 4 is 10.9 Å². The molecular formula is C27H32N4O2. The van der Waals surface area contributed by atoms with Gasteiger partial charge in [0.25, 0.3) is 0 Å². The molecule has 2 aromatic heterocycles. The number of nitrogens with zero attached hydrogens (tertiary/aromatic N) is 2. The second kappa shape index (κ2) is 9.71. The lowest BCUT2D eigenvalue weighted by Gasteiger charge is -2.23. The number of imidazole rings is 1. The predicted octanol–water partition coefficient (Wildman–Crippen LogP) is 5.02. The van der Waals surface area contributed by atoms with Crippen LogP contribution in [0.3, 0.4) is 0 Å². The van der Waals surface area contributed by atoms with Crippen molar-refractivity contribution in [2.45, 2.75) is 39.2 Å². The smallest absolute Gasteiger partial charge is 0.161 e. The molecule has 3 heterocycles. The van der Waals surface area contributed by atoms with Crippen molar-refractivity contribution in [1.29, 1.82) is 0 Å². The van der Waals surface area contributed by atoms with Crippen molar-refractivity contribution in [3.8, 4) is 11.5 Å². The minimum atomic E-state index is 0.687. The zero-order chi connectivity index (χ0) is 22.6. The summed E-state index contributed by atoms with van der Waals surface area (Å²) in [4.78, 5) is 14.0. The van der Waals surface area contributed by atoms with Crippen LogP contribution >= 0.6 is 0 Å². The van der Waals surface area contributed by atoms with Crippen LogP contribution in [0.25, 0.3) is 10.9 Å². The van der Waals surface area contributed by atoms with Gasteiger partial charge >= 0.3 is 0 Å². The van der Waals surface area contributed by atoms with E-state index in [1.807, 2.05) is 6.07 Å². The molecule has 0 atom stereocenters. The predicted molar refractivity (Wildman–Crippen MR) is 131 cm³/mol. The first-order valence-electron chi connectivity index (χ1n) is 11.8. The highest BCUT2D eigenvalue weighted by atomic mass is 16.5. The third-order valence-electron chi connectivity index (χ3n) is 6.62. The molecule has 1 aliphatic rings. The summed E-state index contributed by atoms with van der Waals surface area (Å²) in [5.41, 5.74) is 7.39. The lowest BCUT2D eigenvalue weighted by Crippen LogP contribution is -2.28. The summed E-state index contributed by atoms with van der Waals surface area (Å²) < 4.78 is 11.7. The molecule has 0 unspecified atom stereocenters. The van der Waals surface area contributed by atoms with Crippen LogP contribution in [0.2, 0.25) is 0 Å². The quantitative estimate of drug-likeness (QED) is 0.466. The molecule has 6 nitrogen and oxygen atoms in total. The fraction of sp³-hybridized carbons (Fsp3) is 0.370. The Kier molecular flexibility index (Phi) is 6.35. The van der Waals surface area contributed by atoms with E-state index in [0.29, 0.717) is 6.61 Å². The molecule has 5 rings (SSSR count). The number of aromatic amines is 2. The van der Waals surface area contributed by atoms with Crippen molar-refractivity contribution < 1.29 is 9.47 Å². The first-order chi connectivity index (χ1) is 16.2. The minimum Gasteiger partial charge on any atom is -0.493 e. The van der Waals surface area contributed by atoms with Gasteiger partial charge in [-0.1, -0.05) is 24.3 Å². The average molecular weight is 445 g/mol. The maximum atomic E-state index is 6.15. The molecule has 0 saturated heterocycles. The van der Waals surface area contributed by atoms with Crippen molar-refractivity contribution in [2.75, 3.05) is 26.8 Å². The fourth-order valence-electron chi connectivity index (χ4n) is 4.76. The molecule has 0 radical (unpaired) electrons. The number of benzene rings is 2. The van der Waals surface area contributed by atoms with E-state index in [2.05, 4.69) is 63.2 Å². The van der Waals surface area contributed by atoms with Crippen LogP contribution in [-0.4, -0.2) is 46.7 Å². The van der Waals surface area contributed by atoms with Gasteiger partial charge in [-0.2, -0.15) is 0 Å². The minimum absolute atomic E-state index is 0.687. The number of hydrogen-bond donors (Lipinski definition) is 2. The summed E-state index contributed by atoms with van der Waals surface area (Å²) in [5.74, 6) is 1.62. The van der Waals surface area contributed by atoms with Gasteiger partial charge in [0, 0.05) is 41.8 Å². The van der Waals surface area contributed by atoms with E-state index in [4.69, 9.17) is 9.47 Å². The van der Waals surface area contributed by atoms with Crippen molar-refractivity contribution in [3.63, 3.8) is 0 Å². The lowest BCUT2D eigenvalue weighted by molar-refractivity contribution is 0.239. The Balaban J connectivity index is 1.49. The SMILES string of the molecule is COc1ccc2cc1OCCCCN(Cc1nc[nH]c1C)CCc1c([nH]c3ccccc13)C2. The summed E-state index contributed by atoms with van der Waals surface area (Å²) in [6.07, 6.45) is 5.71. The molecule has 6 heteroatoms. The number of aryl methyl sites for hydroxylation is 1. The van der Waals surface area contributed by atoms with Crippen LogP contribution in [0, 0.1) is 6.92 Å². The monoisotopic (exact) mass is 444 g/mol. The van der Waals surface area contributed by atoms with E-state index < -0.39 is 0 Å². The zero-order valence-corrected chi connectivity index (χ0v) is 19.5. The Morgan fingerprint density at radius 2 is 2.03 bits per heavy atom. The molecule has 0 amide bonds. The Morgan fingerprint density at radius 3 is 2.88 bits per heavy atom. The van der Waals surface area contributed by atoms with Crippen LogP contribution in [-0.2, 0) is 19.4 Å². The van der Waals surface area contributed by atoms with Gasteiger partial charge in [0.1, 0.15) is 0 Å². The maximum Gasteiger partial charge on any atom is 0.161 e. The molecular weight excluding hydrogens is 412 g/mol. The molecule has 2 aromatic carbocycles. The van der Waals surface area contributed by atoms with E-state index in [1.54, 1.807) is 13.4 Å². The molecule has 1 aliphatic heterocycles. The van der Waals surface area contributed by atoms with E-state index >= 15 is 0 Å². The lowest BCUT2D eigenvalue weighted by atomic mass is 10.0. The normalized spacial score (nSPS) is 15.6. The molecule has 2 bridgehead atoms. The highest BCUT2D eigenvalue weighted by Crippen LogP contribution is 2.31. The number of fused-ring (bicyclic) bond motifs is 5. The maximum absolute atomic E-state index is 6.15. The van der Waals surface area contributed by atoms with Gasteiger partial charge in [-0.05, 0) is 62.1 Å². The van der Waals surface area contributed by atoms with Gasteiger partial charge in [-0.3, -0.25) is 4.90 Å². The number of hydrogen-bond acceptors (Lipinski definition) is 4. The van der Waals surface area contributed by atoms with Crippen LogP contribution in [0.15, 0.2) is 48.8 Å². The average Bonchev–Trinajstić information content (AvgIpc) is 3.39. The molecule has 0 aliphatic carbocycles. The van der Waals surface area contributed by atoms with Crippen molar-refractivity contribution in [1.82, 2.24) is 19.9 Å². The van der Waals surface area contributed by atoms with E-state index in [0.717, 1.165) is 68.2 Å². The van der Waals surface area contributed by atoms with Gasteiger partial charge in [0.15, 0.2) is 11.5 Å². The summed E-state index contributed by atoms with van der Waals surface area (Å²) >= 11 is 0. The second-order valence-corrected chi connectivity index (χ2v) is 8.85. The summed E-state index contributed by atoms with van der Waals surface area (Å²) in [5, 5.41) is 1.32. The van der Waals surface area contributed by atoms with Gasteiger partial charge in [-0.15, -0.1) is 0 Å². The van der Waals surface area contributed by atoms with E-state index in [-0.39, 0.29) is 0 Å². The molecule has 33 heavy (non-hydrogen) atoms. The van der Waals surface area contributed by atoms with E-state index in [1.165, 1.54) is 27.7 Å². The number of methoxy groups -OCH3 is 1. The molecule has 172 valence electrons. The second-order valence-electron chi connectivity index (χ2n) is 8.85. The van der Waals surface area contributed by atoms with Crippen LogP contribution in [0.4, 0.5) is 0 Å². The van der Waals surface area contributed by atoms with Crippen LogP contribution < -0.4 is 9.47 Å². The molecule has 0 saturated carbocycles. The number of rotatable bonds is 3. The van der Waals surface area contributed by atoms with E-state index in [9.17, 15) is 0 Å². The van der Waals surface area contributed by atoms with Gasteiger partial charge in [0.05, 0.1) is 25.7 Å². The van der Waals surface area contributed by atoms with Crippen LogP contribution in [0.5, 0.6) is 11.5 Å². The van der Waals surface area contributed by atoms with Crippen LogP contribution in [0.1, 0.15) is 41.1 Å². The van der Waals surface area contributed by atoms with Crippen molar-refractivity contribution in [3.05, 3.63) is 77.0 Å². The molecule has 2 N–H and O–H groups in total. The fourth-order valence-corrected chi connectivity index (χ4v) is 4.76. The summed E-state index contributed by atoms with van der Waals surface area (Å²) in [6, 6.07) is 14.9. The Bertz CT molecular complexity index is 1230. The molecule has 4 aromatic rings. The largest absolute Gasteiger partial charge is 0.493 e. The van der Waals surface area contributed by atoms with Gasteiger partial charge in [0.2, 0.25) is 0 Å². The topological polar surface area (TPSA) is 66.2 Å². The Morgan fingerprint density at radius 1 is 1.12 bits per heavy atom. The molecule has 0 spiro atoms. The highest BCUT2D eigenvalue weighted by Gasteiger charge is 2.17. The van der Waals surface area contributed by atoms with Crippen molar-refractivity contribution in [2.24, 2.45) is 0 Å². The first kappa shape index (κ1) is 21.6. The highest BCUT2D eigenvalue weighted by molar-refractivity contribution is 5.84. The number of aromatic nitrogens is 3. The number of para-hydroxylation sites is 1. The Labute approximate surface area is 194 Å². The standard InChI is InChI=1S/C27H32N4O2/c1-19-25(29-18-28-19)17-31-12-5-6-14-33-27-16-20(9-10-26(27)32-2)15-24-22(11-13-31)21-7-3-4-8-23(21)30-24/h3-4,7-10,16,18,30H,5-6,11-15,17H2,1-2H3,(H,28,29). The van der Waals surface area contributed by atoms with Gasteiger partial charge < -0.3 is 19.4 Å². The summed E-state index contributed by atoms with van der Waals surface area (Å²) in [7, 11) is 1.70. The summed E-state index contributed by atoms with van der Waals surface area (Å²) in [6.45, 7) is 5.66. The Hall–Kier alpha value is -3.25. The third kappa shape index (κ3) is 4.76. The number of ether oxygens (including phenoxy) is 2. The van der Waals surface area contributed by atoms with Gasteiger partial charge in [-0.25, -0.2) is 4.98 Å². The third-order valence-corrected chi connectivity index (χ3v) is 6.62.